The Morgan fingerprint density at radius 2 is 0.861 bits per heavy atom. The minimum absolute atomic E-state index is 0. The number of nitrogens with zero attached hydrogens (tertiary/aromatic N) is 4. The molecule has 0 amide bonds. The minimum Gasteiger partial charge on any atom is -0.549 e. The van der Waals surface area contributed by atoms with Crippen LogP contribution in [0.15, 0.2) is 0 Å². The van der Waals surface area contributed by atoms with Crippen molar-refractivity contribution in [2.75, 3.05) is 91.9 Å². The number of carbonyl (C=O) groups is 2. The van der Waals surface area contributed by atoms with E-state index in [1.807, 2.05) is 0 Å². The molecule has 0 saturated carbocycles. The maximum absolute atomic E-state index is 11.3. The summed E-state index contributed by atoms with van der Waals surface area (Å²) in [7, 11) is 0. The average molecular weight is 541 g/mol. The SMILES string of the molecule is O=C([O-])CN1CCN(C(CO)C(O)CO)CCN(CC(=O)[O-])CCN(C(CO)C(O)CO)CC1.[Na+].[Na+]. The number of hydrogen-bond donors (Lipinski definition) is 6. The molecule has 0 aromatic heterocycles. The summed E-state index contributed by atoms with van der Waals surface area (Å²) in [5.41, 5.74) is 0. The Bertz CT molecular complexity index is 547. The van der Waals surface area contributed by atoms with Crippen molar-refractivity contribution in [3.05, 3.63) is 0 Å². The smallest absolute Gasteiger partial charge is 0.549 e. The summed E-state index contributed by atoms with van der Waals surface area (Å²) in [5, 5.41) is 81.0. The van der Waals surface area contributed by atoms with Gasteiger partial charge in [-0.2, -0.15) is 0 Å². The molecule has 14 nitrogen and oxygen atoms in total. The number of aliphatic hydroxyl groups excluding tert-OH is 6. The Labute approximate surface area is 255 Å². The van der Waals surface area contributed by atoms with Gasteiger partial charge in [0.1, 0.15) is 0 Å². The zero-order valence-electron chi connectivity index (χ0n) is 21.3. The van der Waals surface area contributed by atoms with E-state index in [0.29, 0.717) is 0 Å². The van der Waals surface area contributed by atoms with Crippen molar-refractivity contribution in [1.82, 2.24) is 19.6 Å². The van der Waals surface area contributed by atoms with Crippen LogP contribution in [0, 0.1) is 0 Å². The van der Waals surface area contributed by atoms with Crippen LogP contribution in [-0.4, -0.2) is 178 Å². The van der Waals surface area contributed by atoms with E-state index in [4.69, 9.17) is 0 Å². The molecule has 1 fully saturated rings. The Hall–Kier alpha value is 0.540. The van der Waals surface area contributed by atoms with Crippen molar-refractivity contribution in [2.24, 2.45) is 0 Å². The molecule has 1 saturated heterocycles. The quantitative estimate of drug-likeness (QED) is 0.127. The van der Waals surface area contributed by atoms with Gasteiger partial charge in [-0.15, -0.1) is 0 Å². The molecule has 6 N–H and O–H groups in total. The first kappa shape index (κ1) is 38.7. The Balaban J connectivity index is 0. The molecule has 4 unspecified atom stereocenters. The van der Waals surface area contributed by atoms with E-state index < -0.39 is 75.7 Å². The number of aliphatic hydroxyl groups is 6. The summed E-state index contributed by atoms with van der Waals surface area (Å²) in [5.74, 6) is -2.62. The number of carbonyl (C=O) groups excluding carboxylic acids is 2. The standard InChI is InChI=1S/C20H40N4O10.2Na/c25-11-15(17(29)13-27)23-5-1-21(9-19(31)32)2-6-24(16(12-26)18(30)14-28)8-4-22(3-7-23)10-20(33)34;;/h15-18,25-30H,1-14H2,(H,31,32)(H,33,34);;/q;2*+1/p-2. The van der Waals surface area contributed by atoms with Crippen molar-refractivity contribution >= 4 is 11.9 Å². The predicted octanol–water partition coefficient (Wildman–Crippen LogP) is -13.9. The monoisotopic (exact) mass is 540 g/mol. The Kier molecular flexibility index (Phi) is 23.0. The van der Waals surface area contributed by atoms with Crippen LogP contribution in [0.5, 0.6) is 0 Å². The molecule has 0 aliphatic carbocycles. The first-order valence-electron chi connectivity index (χ1n) is 11.3. The fraction of sp³-hybridized carbons (Fsp3) is 0.900. The second-order valence-electron chi connectivity index (χ2n) is 8.37. The molecular formula is C20H38N4Na2O10. The summed E-state index contributed by atoms with van der Waals surface area (Å²) in [6.07, 6.45) is -2.52. The fourth-order valence-electron chi connectivity index (χ4n) is 4.08. The normalized spacial score (nSPS) is 21.1. The molecule has 4 atom stereocenters. The summed E-state index contributed by atoms with van der Waals surface area (Å²) in [6.45, 7) is -1.46. The van der Waals surface area contributed by atoms with Gasteiger partial charge in [0.25, 0.3) is 0 Å². The molecule has 1 heterocycles. The van der Waals surface area contributed by atoms with E-state index in [1.165, 1.54) is 0 Å². The summed E-state index contributed by atoms with van der Waals surface area (Å²) in [4.78, 5) is 29.0. The molecule has 1 rings (SSSR count). The van der Waals surface area contributed by atoms with Crippen molar-refractivity contribution in [3.63, 3.8) is 0 Å². The van der Waals surface area contributed by atoms with Crippen LogP contribution in [0.25, 0.3) is 0 Å². The van der Waals surface area contributed by atoms with E-state index in [1.54, 1.807) is 19.6 Å². The van der Waals surface area contributed by atoms with Gasteiger partial charge in [-0.3, -0.25) is 19.6 Å². The Morgan fingerprint density at radius 3 is 1.06 bits per heavy atom. The first-order valence-corrected chi connectivity index (χ1v) is 11.3. The molecule has 200 valence electrons. The minimum atomic E-state index is -1.31. The molecule has 1 aliphatic heterocycles. The predicted molar refractivity (Wildman–Crippen MR) is 114 cm³/mol. The topological polar surface area (TPSA) is 215 Å². The molecule has 36 heavy (non-hydrogen) atoms. The zero-order valence-corrected chi connectivity index (χ0v) is 25.3. The molecule has 0 aromatic carbocycles. The average Bonchev–Trinajstić information content (AvgIpc) is 2.79. The summed E-state index contributed by atoms with van der Waals surface area (Å²) in [6, 6.07) is -1.70. The van der Waals surface area contributed by atoms with Crippen LogP contribution in [0.1, 0.15) is 0 Å². The van der Waals surface area contributed by atoms with Crippen molar-refractivity contribution in [2.45, 2.75) is 24.3 Å². The van der Waals surface area contributed by atoms with E-state index in [2.05, 4.69) is 0 Å². The summed E-state index contributed by atoms with van der Waals surface area (Å²) < 4.78 is 0. The molecule has 0 spiro atoms. The third-order valence-corrected chi connectivity index (χ3v) is 6.09. The number of hydrogen-bond acceptors (Lipinski definition) is 14. The summed E-state index contributed by atoms with van der Waals surface area (Å²) >= 11 is 0. The molecule has 16 heteroatoms. The van der Waals surface area contributed by atoms with Crippen LogP contribution in [-0.2, 0) is 9.59 Å². The van der Waals surface area contributed by atoms with Crippen molar-refractivity contribution < 1.29 is 110 Å². The second-order valence-corrected chi connectivity index (χ2v) is 8.37. The van der Waals surface area contributed by atoms with E-state index in [9.17, 15) is 50.4 Å². The largest absolute Gasteiger partial charge is 1.00 e. The zero-order chi connectivity index (χ0) is 25.7. The van der Waals surface area contributed by atoms with Crippen LogP contribution < -0.4 is 69.3 Å². The molecular weight excluding hydrogens is 502 g/mol. The van der Waals surface area contributed by atoms with Gasteiger partial charge in [-0.05, 0) is 0 Å². The van der Waals surface area contributed by atoms with Gasteiger partial charge in [0.15, 0.2) is 0 Å². The van der Waals surface area contributed by atoms with Gasteiger partial charge in [0.05, 0.1) is 62.7 Å². The maximum atomic E-state index is 11.3. The van der Waals surface area contributed by atoms with Gasteiger partial charge < -0.3 is 50.4 Å². The van der Waals surface area contributed by atoms with E-state index >= 15 is 0 Å². The van der Waals surface area contributed by atoms with Gasteiger partial charge in [0.2, 0.25) is 0 Å². The number of carboxylic acids is 2. The molecule has 0 bridgehead atoms. The van der Waals surface area contributed by atoms with Gasteiger partial charge in [-0.25, -0.2) is 0 Å². The first-order chi connectivity index (χ1) is 16.2. The molecule has 1 aliphatic rings. The van der Waals surface area contributed by atoms with E-state index in [-0.39, 0.29) is 111 Å². The fourth-order valence-corrected chi connectivity index (χ4v) is 4.08. The van der Waals surface area contributed by atoms with Crippen LogP contribution in [0.2, 0.25) is 0 Å². The van der Waals surface area contributed by atoms with Crippen molar-refractivity contribution in [1.29, 1.82) is 0 Å². The third-order valence-electron chi connectivity index (χ3n) is 6.09. The molecule has 0 radical (unpaired) electrons. The van der Waals surface area contributed by atoms with Crippen LogP contribution in [0.4, 0.5) is 0 Å². The second kappa shape index (κ2) is 21.4. The van der Waals surface area contributed by atoms with Crippen molar-refractivity contribution in [3.8, 4) is 0 Å². The van der Waals surface area contributed by atoms with Gasteiger partial charge in [-0.1, -0.05) is 0 Å². The number of rotatable bonds is 12. The molecule has 0 aromatic rings. The van der Waals surface area contributed by atoms with Crippen LogP contribution in [0.3, 0.4) is 0 Å². The van der Waals surface area contributed by atoms with Gasteiger partial charge >= 0.3 is 59.1 Å². The number of aliphatic carboxylic acids is 2. The third kappa shape index (κ3) is 14.1. The number of carboxylic acid groups (broad SMARTS) is 2. The van der Waals surface area contributed by atoms with Gasteiger partial charge in [0, 0.05) is 65.4 Å². The maximum Gasteiger partial charge on any atom is 1.00 e. The Morgan fingerprint density at radius 1 is 0.583 bits per heavy atom. The van der Waals surface area contributed by atoms with E-state index in [0.717, 1.165) is 0 Å². The van der Waals surface area contributed by atoms with Crippen LogP contribution >= 0.6 is 0 Å².